The summed E-state index contributed by atoms with van der Waals surface area (Å²) < 4.78 is 17.6. The topological polar surface area (TPSA) is 26.3 Å². The fourth-order valence-corrected chi connectivity index (χ4v) is 1.48. The first-order valence-electron chi connectivity index (χ1n) is 4.35. The molecule has 1 aliphatic rings. The minimum absolute atomic E-state index is 0.243. The molecule has 14 heavy (non-hydrogen) atoms. The lowest BCUT2D eigenvalue weighted by Gasteiger charge is -2.07. The van der Waals surface area contributed by atoms with Crippen molar-refractivity contribution < 1.29 is 13.9 Å². The van der Waals surface area contributed by atoms with Gasteiger partial charge in [-0.05, 0) is 24.6 Å². The SMILES string of the molecule is CC1OC(=O)C=C1c1ccc(F)cc1. The Morgan fingerprint density at radius 3 is 2.43 bits per heavy atom. The molecule has 0 radical (unpaired) electrons. The second-order valence-corrected chi connectivity index (χ2v) is 3.19. The summed E-state index contributed by atoms with van der Waals surface area (Å²) in [7, 11) is 0. The maximum atomic E-state index is 12.6. The number of hydrogen-bond donors (Lipinski definition) is 0. The lowest BCUT2D eigenvalue weighted by atomic mass is 10.0. The van der Waals surface area contributed by atoms with Crippen LogP contribution in [0.3, 0.4) is 0 Å². The van der Waals surface area contributed by atoms with Crippen LogP contribution in [0.25, 0.3) is 5.57 Å². The van der Waals surface area contributed by atoms with Crippen molar-refractivity contribution in [3.05, 3.63) is 41.7 Å². The Bertz CT molecular complexity index is 392. The van der Waals surface area contributed by atoms with Crippen LogP contribution in [0.5, 0.6) is 0 Å². The second kappa shape index (κ2) is 3.25. The van der Waals surface area contributed by atoms with Gasteiger partial charge in [0, 0.05) is 11.6 Å². The van der Waals surface area contributed by atoms with E-state index in [4.69, 9.17) is 4.74 Å². The molecule has 1 aliphatic heterocycles. The largest absolute Gasteiger partial charge is 0.455 e. The number of carbonyl (C=O) groups is 1. The van der Waals surface area contributed by atoms with E-state index in [1.165, 1.54) is 18.2 Å². The van der Waals surface area contributed by atoms with Crippen molar-refractivity contribution in [2.24, 2.45) is 0 Å². The first kappa shape index (κ1) is 8.94. The molecule has 0 aliphatic carbocycles. The molecule has 2 nitrogen and oxygen atoms in total. The van der Waals surface area contributed by atoms with Gasteiger partial charge in [0.1, 0.15) is 11.9 Å². The van der Waals surface area contributed by atoms with E-state index in [1.54, 1.807) is 19.1 Å². The lowest BCUT2D eigenvalue weighted by molar-refractivity contribution is -0.137. The summed E-state index contributed by atoms with van der Waals surface area (Å²) in [6.45, 7) is 1.79. The smallest absolute Gasteiger partial charge is 0.331 e. The third kappa shape index (κ3) is 1.53. The second-order valence-electron chi connectivity index (χ2n) is 3.19. The maximum absolute atomic E-state index is 12.6. The molecule has 0 aromatic heterocycles. The monoisotopic (exact) mass is 192 g/mol. The van der Waals surface area contributed by atoms with E-state index in [0.29, 0.717) is 0 Å². The summed E-state index contributed by atoms with van der Waals surface area (Å²) in [5, 5.41) is 0. The van der Waals surface area contributed by atoms with Crippen molar-refractivity contribution in [3.63, 3.8) is 0 Å². The zero-order valence-corrected chi connectivity index (χ0v) is 7.66. The van der Waals surface area contributed by atoms with E-state index in [0.717, 1.165) is 11.1 Å². The molecule has 3 heteroatoms. The van der Waals surface area contributed by atoms with Crippen LogP contribution >= 0.6 is 0 Å². The highest BCUT2D eigenvalue weighted by Gasteiger charge is 2.22. The predicted molar refractivity (Wildman–Crippen MR) is 49.9 cm³/mol. The first-order valence-corrected chi connectivity index (χ1v) is 4.35. The molecule has 0 saturated heterocycles. The van der Waals surface area contributed by atoms with Gasteiger partial charge < -0.3 is 4.74 Å². The van der Waals surface area contributed by atoms with Crippen molar-refractivity contribution in [1.82, 2.24) is 0 Å². The van der Waals surface area contributed by atoms with Gasteiger partial charge in [0.25, 0.3) is 0 Å². The van der Waals surface area contributed by atoms with Crippen molar-refractivity contribution in [1.29, 1.82) is 0 Å². The van der Waals surface area contributed by atoms with Gasteiger partial charge in [-0.3, -0.25) is 0 Å². The van der Waals surface area contributed by atoms with Gasteiger partial charge in [0.2, 0.25) is 0 Å². The molecule has 72 valence electrons. The molecule has 1 heterocycles. The molecular weight excluding hydrogens is 183 g/mol. The summed E-state index contributed by atoms with van der Waals surface area (Å²) in [4.78, 5) is 10.9. The number of esters is 1. The number of rotatable bonds is 1. The minimum Gasteiger partial charge on any atom is -0.455 e. The van der Waals surface area contributed by atoms with Gasteiger partial charge in [-0.15, -0.1) is 0 Å². The quantitative estimate of drug-likeness (QED) is 0.637. The first-order chi connectivity index (χ1) is 6.66. The molecular formula is C11H9FO2. The van der Waals surface area contributed by atoms with Gasteiger partial charge in [-0.1, -0.05) is 12.1 Å². The number of benzene rings is 1. The van der Waals surface area contributed by atoms with Gasteiger partial charge in [0.05, 0.1) is 0 Å². The predicted octanol–water partition coefficient (Wildman–Crippen LogP) is 2.15. The summed E-state index contributed by atoms with van der Waals surface area (Å²) in [5.74, 6) is -0.621. The van der Waals surface area contributed by atoms with Crippen molar-refractivity contribution in [3.8, 4) is 0 Å². The van der Waals surface area contributed by atoms with E-state index in [1.807, 2.05) is 0 Å². The molecule has 1 unspecified atom stereocenters. The lowest BCUT2D eigenvalue weighted by Crippen LogP contribution is -2.05. The Morgan fingerprint density at radius 1 is 1.29 bits per heavy atom. The van der Waals surface area contributed by atoms with Gasteiger partial charge in [-0.25, -0.2) is 9.18 Å². The zero-order chi connectivity index (χ0) is 10.1. The van der Waals surface area contributed by atoms with Crippen LogP contribution in [-0.2, 0) is 9.53 Å². The maximum Gasteiger partial charge on any atom is 0.331 e. The Hall–Kier alpha value is -1.64. The highest BCUT2D eigenvalue weighted by molar-refractivity contribution is 5.96. The van der Waals surface area contributed by atoms with Crippen LogP contribution in [0.1, 0.15) is 12.5 Å². The Kier molecular flexibility index (Phi) is 2.08. The molecule has 0 N–H and O–H groups in total. The Morgan fingerprint density at radius 2 is 1.93 bits per heavy atom. The van der Waals surface area contributed by atoms with E-state index < -0.39 is 0 Å². The van der Waals surface area contributed by atoms with Gasteiger partial charge >= 0.3 is 5.97 Å². The molecule has 0 amide bonds. The molecule has 0 fully saturated rings. The van der Waals surface area contributed by atoms with Crippen molar-refractivity contribution in [2.75, 3.05) is 0 Å². The Labute approximate surface area is 81.0 Å². The average Bonchev–Trinajstić information content (AvgIpc) is 2.47. The molecule has 2 rings (SSSR count). The number of ether oxygens (including phenoxy) is 1. The molecule has 1 aromatic carbocycles. The van der Waals surface area contributed by atoms with Crippen LogP contribution in [0.15, 0.2) is 30.3 Å². The molecule has 1 atom stereocenters. The van der Waals surface area contributed by atoms with E-state index >= 15 is 0 Å². The van der Waals surface area contributed by atoms with E-state index in [2.05, 4.69) is 0 Å². The van der Waals surface area contributed by atoms with Crippen molar-refractivity contribution >= 4 is 11.5 Å². The highest BCUT2D eigenvalue weighted by Crippen LogP contribution is 2.25. The average molecular weight is 192 g/mol. The zero-order valence-electron chi connectivity index (χ0n) is 7.66. The van der Waals surface area contributed by atoms with Gasteiger partial charge in [-0.2, -0.15) is 0 Å². The summed E-state index contributed by atoms with van der Waals surface area (Å²) in [5.41, 5.74) is 1.62. The van der Waals surface area contributed by atoms with Crippen molar-refractivity contribution in [2.45, 2.75) is 13.0 Å². The standard InChI is InChI=1S/C11H9FO2/c1-7-10(6-11(13)14-7)8-2-4-9(12)5-3-8/h2-7H,1H3. The third-order valence-electron chi connectivity index (χ3n) is 2.18. The molecule has 0 saturated carbocycles. The van der Waals surface area contributed by atoms with E-state index in [9.17, 15) is 9.18 Å². The summed E-state index contributed by atoms with van der Waals surface area (Å²) >= 11 is 0. The highest BCUT2D eigenvalue weighted by atomic mass is 19.1. The number of carbonyl (C=O) groups excluding carboxylic acids is 1. The van der Waals surface area contributed by atoms with Crippen LogP contribution in [0.2, 0.25) is 0 Å². The van der Waals surface area contributed by atoms with Crippen LogP contribution in [-0.4, -0.2) is 12.1 Å². The third-order valence-corrected chi connectivity index (χ3v) is 2.18. The normalized spacial score (nSPS) is 20.6. The number of cyclic esters (lactones) is 1. The van der Waals surface area contributed by atoms with Crippen LogP contribution < -0.4 is 0 Å². The minimum atomic E-state index is -0.336. The number of hydrogen-bond acceptors (Lipinski definition) is 2. The fourth-order valence-electron chi connectivity index (χ4n) is 1.48. The molecule has 1 aromatic rings. The molecule has 0 bridgehead atoms. The van der Waals surface area contributed by atoms with Gasteiger partial charge in [0.15, 0.2) is 0 Å². The van der Waals surface area contributed by atoms with Crippen LogP contribution in [0.4, 0.5) is 4.39 Å². The van der Waals surface area contributed by atoms with E-state index in [-0.39, 0.29) is 17.9 Å². The summed E-state index contributed by atoms with van der Waals surface area (Å²) in [6.07, 6.45) is 1.20. The number of halogens is 1. The molecule has 0 spiro atoms. The Balaban J connectivity index is 2.36. The van der Waals surface area contributed by atoms with Crippen LogP contribution in [0, 0.1) is 5.82 Å². The fraction of sp³-hybridized carbons (Fsp3) is 0.182. The summed E-state index contributed by atoms with van der Waals surface area (Å²) in [6, 6.07) is 6.01.